The second-order valence-corrected chi connectivity index (χ2v) is 6.77. The van der Waals surface area contributed by atoms with Crippen molar-refractivity contribution >= 4 is 44.8 Å². The Bertz CT molecular complexity index is 713. The molecule has 0 aliphatic rings. The van der Waals surface area contributed by atoms with Crippen LogP contribution in [-0.2, 0) is 15.7 Å². The van der Waals surface area contributed by atoms with Gasteiger partial charge in [0.05, 0.1) is 9.35 Å². The topological polar surface area (TPSA) is 55.4 Å². The Morgan fingerprint density at radius 3 is 2.30 bits per heavy atom. The van der Waals surface area contributed by atoms with E-state index >= 15 is 0 Å². The summed E-state index contributed by atoms with van der Waals surface area (Å²) in [6.45, 7) is -0.532. The first-order valence-corrected chi connectivity index (χ1v) is 7.76. The maximum absolute atomic E-state index is 12.4. The van der Waals surface area contributed by atoms with Crippen molar-refractivity contribution in [1.82, 2.24) is 0 Å². The van der Waals surface area contributed by atoms with Gasteiger partial charge in [-0.2, -0.15) is 13.2 Å². The molecule has 122 valence electrons. The highest BCUT2D eigenvalue weighted by atomic mass is 79.9. The Morgan fingerprint density at radius 2 is 1.78 bits per heavy atom. The van der Waals surface area contributed by atoms with Crippen LogP contribution in [0.2, 0.25) is 0 Å². The van der Waals surface area contributed by atoms with E-state index in [0.29, 0.717) is 4.88 Å². The van der Waals surface area contributed by atoms with Gasteiger partial charge < -0.3 is 10.1 Å². The van der Waals surface area contributed by atoms with Crippen LogP contribution in [-0.4, -0.2) is 18.5 Å². The molecule has 0 bridgehead atoms. The van der Waals surface area contributed by atoms with Crippen LogP contribution >= 0.6 is 27.3 Å². The lowest BCUT2D eigenvalue weighted by molar-refractivity contribution is -0.137. The highest BCUT2D eigenvalue weighted by Crippen LogP contribution is 2.29. The van der Waals surface area contributed by atoms with E-state index in [1.807, 2.05) is 0 Å². The Hall–Kier alpha value is -1.87. The Kier molecular flexibility index (Phi) is 5.42. The summed E-state index contributed by atoms with van der Waals surface area (Å²) >= 11 is 4.36. The van der Waals surface area contributed by atoms with Gasteiger partial charge >= 0.3 is 12.1 Å². The Morgan fingerprint density at radius 1 is 1.13 bits per heavy atom. The van der Waals surface area contributed by atoms with Crippen molar-refractivity contribution in [1.29, 1.82) is 0 Å². The molecule has 0 radical (unpaired) electrons. The molecule has 0 saturated heterocycles. The summed E-state index contributed by atoms with van der Waals surface area (Å²) in [5.74, 6) is -1.29. The monoisotopic (exact) mass is 407 g/mol. The minimum atomic E-state index is -4.44. The van der Waals surface area contributed by atoms with Gasteiger partial charge in [0.25, 0.3) is 5.91 Å². The fourth-order valence-corrected chi connectivity index (χ4v) is 2.85. The van der Waals surface area contributed by atoms with E-state index in [-0.39, 0.29) is 5.69 Å². The van der Waals surface area contributed by atoms with Crippen molar-refractivity contribution in [3.8, 4) is 0 Å². The molecule has 0 aliphatic heterocycles. The quantitative estimate of drug-likeness (QED) is 0.767. The van der Waals surface area contributed by atoms with Crippen molar-refractivity contribution < 1.29 is 27.5 Å². The maximum Gasteiger partial charge on any atom is 0.416 e. The molecular formula is C14H9BrF3NO3S. The zero-order valence-electron chi connectivity index (χ0n) is 11.3. The van der Waals surface area contributed by atoms with Crippen LogP contribution < -0.4 is 5.32 Å². The highest BCUT2D eigenvalue weighted by molar-refractivity contribution is 9.11. The first-order valence-electron chi connectivity index (χ1n) is 6.15. The number of carbonyl (C=O) groups is 2. The van der Waals surface area contributed by atoms with Crippen molar-refractivity contribution in [2.45, 2.75) is 6.18 Å². The smallest absolute Gasteiger partial charge is 0.416 e. The van der Waals surface area contributed by atoms with Crippen LogP contribution in [0.1, 0.15) is 15.2 Å². The number of halogens is 4. The zero-order valence-corrected chi connectivity index (χ0v) is 13.7. The number of hydrogen-bond donors (Lipinski definition) is 1. The molecule has 1 aromatic heterocycles. The fraction of sp³-hybridized carbons (Fsp3) is 0.143. The molecule has 2 aromatic rings. The molecule has 2 rings (SSSR count). The van der Waals surface area contributed by atoms with Gasteiger partial charge in [-0.25, -0.2) is 4.79 Å². The molecule has 0 aliphatic carbocycles. The van der Waals surface area contributed by atoms with E-state index in [2.05, 4.69) is 21.2 Å². The Balaban J connectivity index is 1.86. The largest absolute Gasteiger partial charge is 0.451 e. The van der Waals surface area contributed by atoms with Crippen molar-refractivity contribution in [2.24, 2.45) is 0 Å². The number of alkyl halides is 3. The highest BCUT2D eigenvalue weighted by Gasteiger charge is 2.30. The van der Waals surface area contributed by atoms with Crippen LogP contribution in [0.15, 0.2) is 40.2 Å². The predicted octanol–water partition coefficient (Wildman–Crippen LogP) is 4.32. The van der Waals surface area contributed by atoms with Gasteiger partial charge in [-0.15, -0.1) is 11.3 Å². The molecular weight excluding hydrogens is 399 g/mol. The fourth-order valence-electron chi connectivity index (χ4n) is 1.57. The van der Waals surface area contributed by atoms with E-state index in [0.717, 1.165) is 39.4 Å². The number of anilines is 1. The van der Waals surface area contributed by atoms with E-state index in [9.17, 15) is 22.8 Å². The lowest BCUT2D eigenvalue weighted by Crippen LogP contribution is -2.20. The number of esters is 1. The van der Waals surface area contributed by atoms with Crippen LogP contribution in [0.3, 0.4) is 0 Å². The number of amides is 1. The molecule has 1 N–H and O–H groups in total. The van der Waals surface area contributed by atoms with E-state index in [4.69, 9.17) is 4.74 Å². The summed E-state index contributed by atoms with van der Waals surface area (Å²) < 4.78 is 42.8. The van der Waals surface area contributed by atoms with Crippen molar-refractivity contribution in [3.63, 3.8) is 0 Å². The normalized spacial score (nSPS) is 11.1. The second-order valence-electron chi connectivity index (χ2n) is 4.30. The molecule has 1 aromatic carbocycles. The molecule has 9 heteroatoms. The summed E-state index contributed by atoms with van der Waals surface area (Å²) in [6, 6.07) is 7.17. The summed E-state index contributed by atoms with van der Waals surface area (Å²) in [6.07, 6.45) is -4.44. The van der Waals surface area contributed by atoms with Crippen molar-refractivity contribution in [3.05, 3.63) is 50.6 Å². The average Bonchev–Trinajstić information content (AvgIpc) is 2.91. The van der Waals surface area contributed by atoms with Gasteiger partial charge in [0.2, 0.25) is 0 Å². The van der Waals surface area contributed by atoms with Gasteiger partial charge in [-0.3, -0.25) is 4.79 Å². The summed E-state index contributed by atoms with van der Waals surface area (Å²) in [4.78, 5) is 23.6. The lowest BCUT2D eigenvalue weighted by Gasteiger charge is -2.09. The summed E-state index contributed by atoms with van der Waals surface area (Å²) in [7, 11) is 0. The van der Waals surface area contributed by atoms with Crippen LogP contribution in [0.5, 0.6) is 0 Å². The van der Waals surface area contributed by atoms with Gasteiger partial charge in [0, 0.05) is 5.69 Å². The molecule has 0 unspecified atom stereocenters. The maximum atomic E-state index is 12.4. The predicted molar refractivity (Wildman–Crippen MR) is 82.4 cm³/mol. The molecule has 0 saturated carbocycles. The summed E-state index contributed by atoms with van der Waals surface area (Å²) in [5, 5.41) is 2.34. The third-order valence-corrected chi connectivity index (χ3v) is 4.21. The molecule has 1 heterocycles. The number of benzene rings is 1. The lowest BCUT2D eigenvalue weighted by atomic mass is 10.2. The summed E-state index contributed by atoms with van der Waals surface area (Å²) in [5.41, 5.74) is -0.636. The number of rotatable bonds is 4. The first-order chi connectivity index (χ1) is 10.8. The van der Waals surface area contributed by atoms with Gasteiger partial charge in [-0.1, -0.05) is 0 Å². The van der Waals surface area contributed by atoms with Crippen LogP contribution in [0.25, 0.3) is 0 Å². The molecule has 4 nitrogen and oxygen atoms in total. The van der Waals surface area contributed by atoms with E-state index in [1.165, 1.54) is 0 Å². The Labute approximate surface area is 141 Å². The van der Waals surface area contributed by atoms with Crippen LogP contribution in [0, 0.1) is 0 Å². The van der Waals surface area contributed by atoms with Gasteiger partial charge in [0.1, 0.15) is 4.88 Å². The van der Waals surface area contributed by atoms with E-state index < -0.39 is 30.2 Å². The number of carbonyl (C=O) groups excluding carboxylic acids is 2. The molecule has 0 atom stereocenters. The molecule has 0 fully saturated rings. The average molecular weight is 408 g/mol. The van der Waals surface area contributed by atoms with Crippen molar-refractivity contribution in [2.75, 3.05) is 11.9 Å². The minimum absolute atomic E-state index is 0.179. The number of hydrogen-bond acceptors (Lipinski definition) is 4. The minimum Gasteiger partial charge on any atom is -0.451 e. The molecule has 23 heavy (non-hydrogen) atoms. The zero-order chi connectivity index (χ0) is 17.0. The van der Waals surface area contributed by atoms with Crippen LogP contribution in [0.4, 0.5) is 18.9 Å². The third-order valence-electron chi connectivity index (χ3n) is 2.60. The molecule has 0 spiro atoms. The number of thiophene rings is 1. The third kappa shape index (κ3) is 5.07. The molecule has 1 amide bonds. The standard InChI is InChI=1S/C14H9BrF3NO3S/c15-11-6-5-10(23-11)13(21)22-7-12(20)19-9-3-1-8(2-4-9)14(16,17)18/h1-6H,7H2,(H,19,20). The number of ether oxygens (including phenoxy) is 1. The van der Waals surface area contributed by atoms with Gasteiger partial charge in [-0.05, 0) is 52.3 Å². The first kappa shape index (κ1) is 17.5. The second kappa shape index (κ2) is 7.14. The SMILES string of the molecule is O=C(COC(=O)c1ccc(Br)s1)Nc1ccc(C(F)(F)F)cc1. The number of nitrogens with one attached hydrogen (secondary N) is 1. The van der Waals surface area contributed by atoms with E-state index in [1.54, 1.807) is 12.1 Å². The van der Waals surface area contributed by atoms with Gasteiger partial charge in [0.15, 0.2) is 6.61 Å².